The van der Waals surface area contributed by atoms with Crippen LogP contribution in [0.25, 0.3) is 0 Å². The third kappa shape index (κ3) is 6.47. The van der Waals surface area contributed by atoms with E-state index in [-0.39, 0.29) is 12.7 Å². The van der Waals surface area contributed by atoms with Crippen molar-refractivity contribution in [2.45, 2.75) is 63.5 Å². The lowest BCUT2D eigenvalue weighted by Crippen LogP contribution is -2.42. The highest BCUT2D eigenvalue weighted by molar-refractivity contribution is 7.85. The van der Waals surface area contributed by atoms with Crippen LogP contribution in [-0.4, -0.2) is 76.1 Å². The minimum Gasteiger partial charge on any atom is -0.359 e. The summed E-state index contributed by atoms with van der Waals surface area (Å²) in [6.45, 7) is 5.10. The van der Waals surface area contributed by atoms with Crippen molar-refractivity contribution in [3.63, 3.8) is 0 Å². The summed E-state index contributed by atoms with van der Waals surface area (Å²) in [7, 11) is -3.38. The molecule has 0 radical (unpaired) electrons. The molecule has 0 spiro atoms. The highest BCUT2D eigenvalue weighted by Crippen LogP contribution is 2.28. The minimum atomic E-state index is -3.38. The molecular formula is C18H34N2O4S. The molecular weight excluding hydrogens is 340 g/mol. The SMILES string of the molecule is CS(=O)(=O)OCC1CN(CCC2CCN(C3CCCCC3)CC2)CO1. The van der Waals surface area contributed by atoms with Gasteiger partial charge in [0.2, 0.25) is 0 Å². The molecule has 1 aliphatic carbocycles. The number of rotatable bonds is 7. The van der Waals surface area contributed by atoms with E-state index in [4.69, 9.17) is 8.92 Å². The second-order valence-corrected chi connectivity index (χ2v) is 9.69. The van der Waals surface area contributed by atoms with Crippen molar-refractivity contribution in [3.05, 3.63) is 0 Å². The molecule has 3 rings (SSSR count). The first-order chi connectivity index (χ1) is 12.0. The largest absolute Gasteiger partial charge is 0.359 e. The third-order valence-corrected chi connectivity index (χ3v) is 6.58. The van der Waals surface area contributed by atoms with Gasteiger partial charge in [-0.25, -0.2) is 0 Å². The van der Waals surface area contributed by atoms with E-state index in [2.05, 4.69) is 9.80 Å². The Labute approximate surface area is 153 Å². The van der Waals surface area contributed by atoms with Crippen LogP contribution in [0.4, 0.5) is 0 Å². The zero-order valence-electron chi connectivity index (χ0n) is 15.6. The van der Waals surface area contributed by atoms with Gasteiger partial charge in [-0.15, -0.1) is 0 Å². The number of likely N-dealkylation sites (tertiary alicyclic amines) is 1. The molecule has 2 saturated heterocycles. The average molecular weight is 375 g/mol. The molecule has 3 fully saturated rings. The molecule has 0 N–H and O–H groups in total. The molecule has 1 unspecified atom stereocenters. The highest BCUT2D eigenvalue weighted by Gasteiger charge is 2.28. The lowest BCUT2D eigenvalue weighted by atomic mass is 9.89. The Balaban J connectivity index is 1.30. The Morgan fingerprint density at radius 3 is 2.48 bits per heavy atom. The first-order valence-corrected chi connectivity index (χ1v) is 11.7. The van der Waals surface area contributed by atoms with Crippen LogP contribution in [0.3, 0.4) is 0 Å². The lowest BCUT2D eigenvalue weighted by Gasteiger charge is -2.39. The number of hydrogen-bond donors (Lipinski definition) is 0. The molecule has 2 aliphatic heterocycles. The second kappa shape index (κ2) is 9.13. The van der Waals surface area contributed by atoms with E-state index >= 15 is 0 Å². The Hall–Kier alpha value is -0.210. The molecule has 0 aromatic rings. The van der Waals surface area contributed by atoms with Gasteiger partial charge in [0.15, 0.2) is 0 Å². The van der Waals surface area contributed by atoms with Crippen LogP contribution in [0.15, 0.2) is 0 Å². The molecule has 1 saturated carbocycles. The van der Waals surface area contributed by atoms with Crippen LogP contribution in [0.2, 0.25) is 0 Å². The van der Waals surface area contributed by atoms with Crippen LogP contribution in [0.5, 0.6) is 0 Å². The predicted molar refractivity (Wildman–Crippen MR) is 97.9 cm³/mol. The van der Waals surface area contributed by atoms with Gasteiger partial charge in [0.1, 0.15) is 0 Å². The van der Waals surface area contributed by atoms with Crippen molar-refractivity contribution < 1.29 is 17.3 Å². The Bertz CT molecular complexity index is 499. The normalized spacial score (nSPS) is 28.6. The van der Waals surface area contributed by atoms with Gasteiger partial charge in [0.25, 0.3) is 10.1 Å². The maximum Gasteiger partial charge on any atom is 0.264 e. The predicted octanol–water partition coefficient (Wildman–Crippen LogP) is 2.06. The van der Waals surface area contributed by atoms with Gasteiger partial charge in [-0.05, 0) is 51.1 Å². The van der Waals surface area contributed by atoms with E-state index in [1.54, 1.807) is 0 Å². The molecule has 0 aromatic heterocycles. The molecule has 0 bridgehead atoms. The molecule has 25 heavy (non-hydrogen) atoms. The fraction of sp³-hybridized carbons (Fsp3) is 1.00. The van der Waals surface area contributed by atoms with Gasteiger partial charge >= 0.3 is 0 Å². The summed E-state index contributed by atoms with van der Waals surface area (Å²) < 4.78 is 32.6. The van der Waals surface area contributed by atoms with Crippen molar-refractivity contribution in [2.75, 3.05) is 45.8 Å². The first kappa shape index (κ1) is 19.5. The Kier molecular flexibility index (Phi) is 7.14. The van der Waals surface area contributed by atoms with Gasteiger partial charge in [0, 0.05) is 19.1 Å². The number of hydrogen-bond acceptors (Lipinski definition) is 6. The summed E-state index contributed by atoms with van der Waals surface area (Å²) in [4.78, 5) is 5.02. The second-order valence-electron chi connectivity index (χ2n) is 8.04. The minimum absolute atomic E-state index is 0.122. The van der Waals surface area contributed by atoms with Crippen molar-refractivity contribution >= 4 is 10.1 Å². The fourth-order valence-electron chi connectivity index (χ4n) is 4.48. The molecule has 3 aliphatic rings. The Morgan fingerprint density at radius 1 is 1.08 bits per heavy atom. The highest BCUT2D eigenvalue weighted by atomic mass is 32.2. The van der Waals surface area contributed by atoms with Gasteiger partial charge in [-0.2, -0.15) is 8.42 Å². The van der Waals surface area contributed by atoms with Crippen molar-refractivity contribution in [3.8, 4) is 0 Å². The number of ether oxygens (including phenoxy) is 1. The average Bonchev–Trinajstić information content (AvgIpc) is 3.07. The van der Waals surface area contributed by atoms with Crippen LogP contribution in [0.1, 0.15) is 51.4 Å². The van der Waals surface area contributed by atoms with Gasteiger partial charge in [-0.3, -0.25) is 9.08 Å². The zero-order chi connectivity index (χ0) is 17.7. The van der Waals surface area contributed by atoms with Gasteiger partial charge in [0.05, 0.1) is 25.7 Å². The smallest absolute Gasteiger partial charge is 0.264 e. The van der Waals surface area contributed by atoms with Crippen molar-refractivity contribution in [1.29, 1.82) is 0 Å². The summed E-state index contributed by atoms with van der Waals surface area (Å²) in [5.74, 6) is 0.825. The number of piperidine rings is 1. The summed E-state index contributed by atoms with van der Waals surface area (Å²) in [5, 5.41) is 0. The van der Waals surface area contributed by atoms with E-state index in [0.717, 1.165) is 31.3 Å². The summed E-state index contributed by atoms with van der Waals surface area (Å²) in [6, 6.07) is 0.859. The zero-order valence-corrected chi connectivity index (χ0v) is 16.4. The third-order valence-electron chi connectivity index (χ3n) is 6.02. The quantitative estimate of drug-likeness (QED) is 0.636. The summed E-state index contributed by atoms with van der Waals surface area (Å²) >= 11 is 0. The molecule has 0 amide bonds. The van der Waals surface area contributed by atoms with Crippen LogP contribution in [-0.2, 0) is 19.0 Å². The van der Waals surface area contributed by atoms with E-state index in [9.17, 15) is 8.42 Å². The van der Waals surface area contributed by atoms with E-state index < -0.39 is 10.1 Å². The topological polar surface area (TPSA) is 59.1 Å². The van der Waals surface area contributed by atoms with Gasteiger partial charge < -0.3 is 9.64 Å². The van der Waals surface area contributed by atoms with Gasteiger partial charge in [-0.1, -0.05) is 19.3 Å². The van der Waals surface area contributed by atoms with Crippen LogP contribution in [0, 0.1) is 5.92 Å². The monoisotopic (exact) mass is 374 g/mol. The number of nitrogens with zero attached hydrogens (tertiary/aromatic N) is 2. The van der Waals surface area contributed by atoms with E-state index in [0.29, 0.717) is 6.73 Å². The maximum atomic E-state index is 11.0. The molecule has 0 aromatic carbocycles. The molecule has 2 heterocycles. The molecule has 1 atom stereocenters. The standard InChI is InChI=1S/C18H34N2O4S/c1-25(21,22)24-14-18-13-19(15-23-18)10-7-16-8-11-20(12-9-16)17-5-3-2-4-6-17/h16-18H,2-15H2,1H3. The molecule has 6 nitrogen and oxygen atoms in total. The summed E-state index contributed by atoms with van der Waals surface area (Å²) in [5.41, 5.74) is 0. The van der Waals surface area contributed by atoms with Crippen molar-refractivity contribution in [2.24, 2.45) is 5.92 Å². The maximum absolute atomic E-state index is 11.0. The summed E-state index contributed by atoms with van der Waals surface area (Å²) in [6.07, 6.45) is 11.9. The van der Waals surface area contributed by atoms with Crippen LogP contribution < -0.4 is 0 Å². The fourth-order valence-corrected chi connectivity index (χ4v) is 4.88. The molecule has 7 heteroatoms. The van der Waals surface area contributed by atoms with E-state index in [1.807, 2.05) is 0 Å². The van der Waals surface area contributed by atoms with Crippen LogP contribution >= 0.6 is 0 Å². The molecule has 146 valence electrons. The first-order valence-electron chi connectivity index (χ1n) is 9.92. The lowest BCUT2D eigenvalue weighted by molar-refractivity contribution is 0.0586. The van der Waals surface area contributed by atoms with E-state index in [1.165, 1.54) is 64.5 Å². The Morgan fingerprint density at radius 2 is 1.80 bits per heavy atom. The van der Waals surface area contributed by atoms with Crippen molar-refractivity contribution in [1.82, 2.24) is 9.80 Å².